The Morgan fingerprint density at radius 1 is 1.54 bits per heavy atom. The van der Waals surface area contributed by atoms with Crippen LogP contribution in [0.3, 0.4) is 0 Å². The van der Waals surface area contributed by atoms with Crippen molar-refractivity contribution >= 4 is 17.3 Å². The Balaban J connectivity index is 2.69. The van der Waals surface area contributed by atoms with E-state index in [2.05, 4.69) is 5.32 Å². The molecule has 72 valence electrons. The van der Waals surface area contributed by atoms with Gasteiger partial charge in [0, 0.05) is 6.42 Å². The summed E-state index contributed by atoms with van der Waals surface area (Å²) in [5, 5.41) is 10.3. The monoisotopic (exact) mass is 182 g/mol. The first-order valence-electron chi connectivity index (χ1n) is 4.52. The Morgan fingerprint density at radius 3 is 2.85 bits per heavy atom. The van der Waals surface area contributed by atoms with Gasteiger partial charge in [-0.3, -0.25) is 9.59 Å². The second kappa shape index (κ2) is 4.28. The van der Waals surface area contributed by atoms with E-state index in [1.807, 2.05) is 6.92 Å². The molecule has 0 amide bonds. The fourth-order valence-corrected chi connectivity index (χ4v) is 1.46. The molecule has 0 spiro atoms. The van der Waals surface area contributed by atoms with Gasteiger partial charge in [0.05, 0.1) is 18.2 Å². The summed E-state index contributed by atoms with van der Waals surface area (Å²) in [5.41, 5.74) is -0.0477. The molecule has 0 heterocycles. The van der Waals surface area contributed by atoms with Crippen molar-refractivity contribution in [1.82, 2.24) is 5.32 Å². The van der Waals surface area contributed by atoms with E-state index in [1.165, 1.54) is 0 Å². The van der Waals surface area contributed by atoms with Crippen molar-refractivity contribution < 1.29 is 9.59 Å². The van der Waals surface area contributed by atoms with Crippen LogP contribution in [0.25, 0.3) is 0 Å². The van der Waals surface area contributed by atoms with E-state index < -0.39 is 0 Å². The van der Waals surface area contributed by atoms with Crippen molar-refractivity contribution in [3.05, 3.63) is 0 Å². The maximum Gasteiger partial charge on any atom is 0.193 e. The fourth-order valence-electron chi connectivity index (χ4n) is 1.46. The molecule has 1 aliphatic carbocycles. The molecule has 0 aromatic carbocycles. The van der Waals surface area contributed by atoms with Gasteiger partial charge in [0.15, 0.2) is 5.78 Å². The van der Waals surface area contributed by atoms with Crippen LogP contribution >= 0.6 is 0 Å². The summed E-state index contributed by atoms with van der Waals surface area (Å²) >= 11 is 0. The zero-order valence-corrected chi connectivity index (χ0v) is 7.72. The van der Waals surface area contributed by atoms with E-state index >= 15 is 0 Å². The first kappa shape index (κ1) is 10.1. The van der Waals surface area contributed by atoms with Crippen LogP contribution in [-0.4, -0.2) is 29.9 Å². The van der Waals surface area contributed by atoms with Gasteiger partial charge in [0.1, 0.15) is 5.78 Å². The lowest BCUT2D eigenvalue weighted by molar-refractivity contribution is -0.118. The lowest BCUT2D eigenvalue weighted by Crippen LogP contribution is -2.39. The summed E-state index contributed by atoms with van der Waals surface area (Å²) in [6, 6.07) is -0.316. The van der Waals surface area contributed by atoms with Crippen molar-refractivity contribution in [2.24, 2.45) is 0 Å². The highest BCUT2D eigenvalue weighted by atomic mass is 16.1. The van der Waals surface area contributed by atoms with E-state index in [0.29, 0.717) is 19.4 Å². The molecule has 0 radical (unpaired) electrons. The molecule has 1 fully saturated rings. The Kier molecular flexibility index (Phi) is 3.31. The third-order valence-corrected chi connectivity index (χ3v) is 2.15. The number of nitrogens with one attached hydrogen (secondary N) is 2. The number of rotatable bonds is 2. The molecule has 4 nitrogen and oxygen atoms in total. The molecule has 0 aromatic rings. The lowest BCUT2D eigenvalue weighted by atomic mass is 10.1. The molecule has 0 bridgehead atoms. The number of likely N-dealkylation sites (N-methyl/N-ethyl adjacent to an activating group) is 1. The largest absolute Gasteiger partial charge is 0.307 e. The van der Waals surface area contributed by atoms with E-state index in [1.54, 1.807) is 0 Å². The summed E-state index contributed by atoms with van der Waals surface area (Å²) in [6.07, 6.45) is 0.959. The average molecular weight is 182 g/mol. The van der Waals surface area contributed by atoms with Crippen LogP contribution in [-0.2, 0) is 9.59 Å². The van der Waals surface area contributed by atoms with Crippen molar-refractivity contribution in [2.75, 3.05) is 6.54 Å². The van der Waals surface area contributed by atoms with E-state index in [-0.39, 0.29) is 29.7 Å². The smallest absolute Gasteiger partial charge is 0.193 e. The maximum absolute atomic E-state index is 11.4. The van der Waals surface area contributed by atoms with Crippen molar-refractivity contribution in [2.45, 2.75) is 32.2 Å². The highest BCUT2D eigenvalue weighted by Gasteiger charge is 2.27. The topological polar surface area (TPSA) is 70.0 Å². The van der Waals surface area contributed by atoms with Gasteiger partial charge in [-0.1, -0.05) is 6.92 Å². The van der Waals surface area contributed by atoms with Crippen molar-refractivity contribution in [3.8, 4) is 0 Å². The van der Waals surface area contributed by atoms with Crippen LogP contribution < -0.4 is 5.32 Å². The molecule has 0 aliphatic heterocycles. The van der Waals surface area contributed by atoms with E-state index in [0.717, 1.165) is 0 Å². The number of carbonyl (C=O) groups is 2. The highest BCUT2D eigenvalue weighted by Crippen LogP contribution is 2.09. The molecule has 1 atom stereocenters. The highest BCUT2D eigenvalue weighted by molar-refractivity contribution is 6.43. The summed E-state index contributed by atoms with van der Waals surface area (Å²) in [4.78, 5) is 22.5. The minimum absolute atomic E-state index is 0.00115. The SMILES string of the molecule is CCNC1CCC(=O)CC(=N)C1=O. The predicted octanol–water partition coefficient (Wildman–Crippen LogP) is 0.306. The van der Waals surface area contributed by atoms with Gasteiger partial charge < -0.3 is 10.7 Å². The quantitative estimate of drug-likeness (QED) is 0.604. The number of carbonyl (C=O) groups excluding carboxylic acids is 2. The van der Waals surface area contributed by atoms with Gasteiger partial charge in [-0.05, 0) is 13.0 Å². The minimum Gasteiger partial charge on any atom is -0.307 e. The zero-order chi connectivity index (χ0) is 9.84. The lowest BCUT2D eigenvalue weighted by Gasteiger charge is -2.12. The van der Waals surface area contributed by atoms with Crippen molar-refractivity contribution in [3.63, 3.8) is 0 Å². The third kappa shape index (κ3) is 2.45. The molecule has 1 rings (SSSR count). The van der Waals surface area contributed by atoms with Crippen LogP contribution in [0.2, 0.25) is 0 Å². The Labute approximate surface area is 77.2 Å². The Morgan fingerprint density at radius 2 is 2.23 bits per heavy atom. The zero-order valence-electron chi connectivity index (χ0n) is 7.72. The van der Waals surface area contributed by atoms with Crippen LogP contribution in [0.5, 0.6) is 0 Å². The van der Waals surface area contributed by atoms with Gasteiger partial charge >= 0.3 is 0 Å². The number of hydrogen-bond donors (Lipinski definition) is 2. The molecule has 1 aliphatic rings. The van der Waals surface area contributed by atoms with Crippen LogP contribution in [0, 0.1) is 5.41 Å². The predicted molar refractivity (Wildman–Crippen MR) is 49.1 cm³/mol. The molecule has 1 saturated carbocycles. The normalized spacial score (nSPS) is 24.7. The summed E-state index contributed by atoms with van der Waals surface area (Å²) < 4.78 is 0. The molecule has 2 N–H and O–H groups in total. The van der Waals surface area contributed by atoms with Gasteiger partial charge in [0.2, 0.25) is 0 Å². The average Bonchev–Trinajstić information content (AvgIpc) is 2.19. The van der Waals surface area contributed by atoms with E-state index in [9.17, 15) is 9.59 Å². The molecular formula is C9H14N2O2. The Hall–Kier alpha value is -1.03. The number of hydrogen-bond acceptors (Lipinski definition) is 4. The standard InChI is InChI=1S/C9H14N2O2/c1-2-11-8-4-3-6(12)5-7(10)9(8)13/h8,10-11H,2-5H2,1H3. The first-order chi connectivity index (χ1) is 6.15. The number of Topliss-reactive ketones (excluding diaryl/α,β-unsaturated/α-hetero) is 2. The summed E-state index contributed by atoms with van der Waals surface area (Å²) in [5.74, 6) is -0.216. The molecular weight excluding hydrogens is 168 g/mol. The third-order valence-electron chi connectivity index (χ3n) is 2.15. The maximum atomic E-state index is 11.4. The molecule has 0 saturated heterocycles. The van der Waals surface area contributed by atoms with E-state index in [4.69, 9.17) is 5.41 Å². The van der Waals surface area contributed by atoms with Gasteiger partial charge in [-0.15, -0.1) is 0 Å². The Bertz CT molecular complexity index is 248. The van der Waals surface area contributed by atoms with Gasteiger partial charge in [0.25, 0.3) is 0 Å². The summed E-state index contributed by atoms with van der Waals surface area (Å²) in [7, 11) is 0. The summed E-state index contributed by atoms with van der Waals surface area (Å²) in [6.45, 7) is 2.60. The second-order valence-electron chi connectivity index (χ2n) is 3.21. The molecule has 4 heteroatoms. The fraction of sp³-hybridized carbons (Fsp3) is 0.667. The first-order valence-corrected chi connectivity index (χ1v) is 4.52. The molecule has 0 aromatic heterocycles. The van der Waals surface area contributed by atoms with Crippen LogP contribution in [0.4, 0.5) is 0 Å². The van der Waals surface area contributed by atoms with Gasteiger partial charge in [-0.25, -0.2) is 0 Å². The number of ketones is 2. The molecule has 13 heavy (non-hydrogen) atoms. The van der Waals surface area contributed by atoms with Crippen LogP contribution in [0.1, 0.15) is 26.2 Å². The van der Waals surface area contributed by atoms with Gasteiger partial charge in [-0.2, -0.15) is 0 Å². The molecule has 1 unspecified atom stereocenters. The van der Waals surface area contributed by atoms with Crippen LogP contribution in [0.15, 0.2) is 0 Å². The second-order valence-corrected chi connectivity index (χ2v) is 3.21. The van der Waals surface area contributed by atoms with Crippen molar-refractivity contribution in [1.29, 1.82) is 5.41 Å². The minimum atomic E-state index is -0.316.